The number of carbonyl (C=O) groups is 2. The van der Waals surface area contributed by atoms with Crippen molar-refractivity contribution in [1.82, 2.24) is 4.90 Å². The van der Waals surface area contributed by atoms with E-state index in [-0.39, 0.29) is 42.3 Å². The van der Waals surface area contributed by atoms with Crippen molar-refractivity contribution in [2.24, 2.45) is 17.8 Å². The number of aliphatic hydroxyl groups excluding tert-OH is 1. The van der Waals surface area contributed by atoms with Crippen LogP contribution in [0.4, 0.5) is 0 Å². The smallest absolute Gasteiger partial charge is 0.234 e. The Morgan fingerprint density at radius 2 is 2.06 bits per heavy atom. The number of imide groups is 1. The van der Waals surface area contributed by atoms with Crippen LogP contribution in [0.25, 0.3) is 6.08 Å². The molecule has 6 nitrogen and oxygen atoms in total. The molecule has 0 radical (unpaired) electrons. The zero-order chi connectivity index (χ0) is 25.2. The lowest BCUT2D eigenvalue weighted by Crippen LogP contribution is -2.34. The van der Waals surface area contributed by atoms with Gasteiger partial charge in [0.05, 0.1) is 31.1 Å². The highest BCUT2D eigenvalue weighted by atomic mass is 32.1. The van der Waals surface area contributed by atoms with Gasteiger partial charge in [0, 0.05) is 10.8 Å². The van der Waals surface area contributed by atoms with E-state index >= 15 is 0 Å². The van der Waals surface area contributed by atoms with Crippen molar-refractivity contribution in [3.8, 4) is 0 Å². The van der Waals surface area contributed by atoms with E-state index in [0.29, 0.717) is 25.3 Å². The van der Waals surface area contributed by atoms with Crippen molar-refractivity contribution in [2.75, 3.05) is 6.61 Å². The molecular weight excluding hydrogens is 474 g/mol. The zero-order valence-corrected chi connectivity index (χ0v) is 21.9. The summed E-state index contributed by atoms with van der Waals surface area (Å²) in [6.07, 6.45) is 7.33. The lowest BCUT2D eigenvalue weighted by atomic mass is 9.68. The summed E-state index contributed by atoms with van der Waals surface area (Å²) in [6, 6.07) is 7.63. The summed E-state index contributed by atoms with van der Waals surface area (Å²) in [4.78, 5) is 29.4. The van der Waals surface area contributed by atoms with Gasteiger partial charge in [0.2, 0.25) is 11.8 Å². The van der Waals surface area contributed by atoms with Crippen molar-refractivity contribution in [2.45, 2.75) is 71.6 Å². The third kappa shape index (κ3) is 4.76. The van der Waals surface area contributed by atoms with Gasteiger partial charge in [-0.15, -0.1) is 11.3 Å². The highest BCUT2D eigenvalue weighted by molar-refractivity contribution is 7.09. The van der Waals surface area contributed by atoms with Crippen molar-refractivity contribution in [3.05, 3.63) is 62.8 Å². The Morgan fingerprint density at radius 3 is 2.75 bits per heavy atom. The third-order valence-corrected chi connectivity index (χ3v) is 8.77. The van der Waals surface area contributed by atoms with E-state index < -0.39 is 0 Å². The van der Waals surface area contributed by atoms with E-state index in [1.165, 1.54) is 21.6 Å². The standard InChI is InChI=1S/C29H35NO5S/c1-3-6-19-14-23-27(29(33)30(28(23)32)15-22-7-5-12-36-22)24-17-34-25(26(19)24)11-8-18(4-2)13-20-9-10-21(16-31)35-20/h5,7,9-10,12-13,23-25,27,31H,3-4,6,8,11,14-17H2,1-2H3/b18-13+/t23-,24+,25-,27-/m1/s1. The van der Waals surface area contributed by atoms with Crippen LogP contribution in [0.15, 0.2) is 50.8 Å². The van der Waals surface area contributed by atoms with Crippen molar-refractivity contribution in [1.29, 1.82) is 0 Å². The maximum absolute atomic E-state index is 13.5. The molecule has 192 valence electrons. The molecule has 5 rings (SSSR count). The minimum Gasteiger partial charge on any atom is -0.459 e. The first-order valence-electron chi connectivity index (χ1n) is 13.1. The predicted octanol–water partition coefficient (Wildman–Crippen LogP) is 5.72. The number of hydrogen-bond donors (Lipinski definition) is 1. The van der Waals surface area contributed by atoms with Crippen molar-refractivity contribution in [3.63, 3.8) is 0 Å². The van der Waals surface area contributed by atoms with E-state index in [2.05, 4.69) is 19.9 Å². The zero-order valence-electron chi connectivity index (χ0n) is 21.1. The first-order valence-corrected chi connectivity index (χ1v) is 14.0. The molecule has 3 aliphatic rings. The topological polar surface area (TPSA) is 80.0 Å². The van der Waals surface area contributed by atoms with Crippen LogP contribution in [-0.2, 0) is 27.5 Å². The maximum Gasteiger partial charge on any atom is 0.234 e. The highest BCUT2D eigenvalue weighted by Gasteiger charge is 2.56. The molecule has 4 heterocycles. The molecule has 4 atom stereocenters. The average Bonchev–Trinajstić information content (AvgIpc) is 3.68. The lowest BCUT2D eigenvalue weighted by Gasteiger charge is -2.32. The van der Waals surface area contributed by atoms with Crippen LogP contribution < -0.4 is 0 Å². The lowest BCUT2D eigenvalue weighted by molar-refractivity contribution is -0.140. The number of likely N-dealkylation sites (tertiary alicyclic amines) is 1. The predicted molar refractivity (Wildman–Crippen MR) is 139 cm³/mol. The van der Waals surface area contributed by atoms with E-state index in [0.717, 1.165) is 42.7 Å². The van der Waals surface area contributed by atoms with Crippen LogP contribution >= 0.6 is 11.3 Å². The SMILES string of the molecule is CCCC1=C2[C@@H](CC/C(=C/c3ccc(CO)o3)CC)OC[C@@H]2[C@@H]2C(=O)N(Cc3cccs3)C(=O)[C@@H]2C1. The molecule has 36 heavy (non-hydrogen) atoms. The number of thiophene rings is 1. The molecule has 2 aromatic rings. The molecule has 2 fully saturated rings. The van der Waals surface area contributed by atoms with Gasteiger partial charge in [0.25, 0.3) is 0 Å². The Balaban J connectivity index is 1.34. The number of amides is 2. The van der Waals surface area contributed by atoms with Gasteiger partial charge in [0.1, 0.15) is 18.1 Å². The van der Waals surface area contributed by atoms with Crippen LogP contribution in [0.5, 0.6) is 0 Å². The maximum atomic E-state index is 13.5. The summed E-state index contributed by atoms with van der Waals surface area (Å²) >= 11 is 1.58. The fraction of sp³-hybridized carbons (Fsp3) is 0.517. The van der Waals surface area contributed by atoms with Gasteiger partial charge in [-0.2, -0.15) is 0 Å². The molecule has 2 aromatic heterocycles. The molecule has 0 aromatic carbocycles. The molecular formula is C29H35NO5S. The first-order chi connectivity index (χ1) is 17.5. The average molecular weight is 510 g/mol. The summed E-state index contributed by atoms with van der Waals surface area (Å²) in [5.41, 5.74) is 3.90. The van der Waals surface area contributed by atoms with Crippen LogP contribution in [0, 0.1) is 17.8 Å². The van der Waals surface area contributed by atoms with Crippen molar-refractivity contribution >= 4 is 29.2 Å². The normalized spacial score (nSPS) is 26.2. The van der Waals surface area contributed by atoms with Crippen LogP contribution in [-0.4, -0.2) is 34.5 Å². The number of nitrogens with zero attached hydrogens (tertiary/aromatic N) is 1. The second-order valence-corrected chi connectivity index (χ2v) is 11.1. The first kappa shape index (κ1) is 25.2. The molecule has 0 spiro atoms. The van der Waals surface area contributed by atoms with E-state index in [1.807, 2.05) is 23.6 Å². The number of allylic oxidation sites excluding steroid dienone is 2. The second-order valence-electron chi connectivity index (χ2n) is 10.1. The Bertz CT molecular complexity index is 1160. The molecule has 1 aliphatic carbocycles. The minimum atomic E-state index is -0.292. The molecule has 0 bridgehead atoms. The Labute approximate surface area is 216 Å². The number of rotatable bonds is 10. The minimum absolute atomic E-state index is 0.00586. The Hall–Kier alpha value is -2.48. The summed E-state index contributed by atoms with van der Waals surface area (Å²) in [7, 11) is 0. The van der Waals surface area contributed by atoms with Gasteiger partial charge in [0.15, 0.2) is 0 Å². The van der Waals surface area contributed by atoms with E-state index in [9.17, 15) is 14.7 Å². The Kier molecular flexibility index (Phi) is 7.60. The van der Waals surface area contributed by atoms with Gasteiger partial charge in [-0.25, -0.2) is 0 Å². The number of furan rings is 1. The van der Waals surface area contributed by atoms with Crippen LogP contribution in [0.1, 0.15) is 68.8 Å². The monoisotopic (exact) mass is 509 g/mol. The molecule has 2 amide bonds. The summed E-state index contributed by atoms with van der Waals surface area (Å²) in [6.45, 7) is 5.11. The highest BCUT2D eigenvalue weighted by Crippen LogP contribution is 2.51. The third-order valence-electron chi connectivity index (χ3n) is 7.91. The molecule has 7 heteroatoms. The number of aliphatic hydroxyl groups is 1. The van der Waals surface area contributed by atoms with E-state index in [4.69, 9.17) is 9.15 Å². The van der Waals surface area contributed by atoms with Crippen molar-refractivity contribution < 1.29 is 23.8 Å². The fourth-order valence-corrected chi connectivity index (χ4v) is 6.91. The quantitative estimate of drug-likeness (QED) is 0.327. The van der Waals surface area contributed by atoms with E-state index in [1.54, 1.807) is 17.4 Å². The van der Waals surface area contributed by atoms with Gasteiger partial charge in [-0.1, -0.05) is 37.5 Å². The molecule has 0 saturated carbocycles. The second kappa shape index (κ2) is 10.9. The number of ether oxygens (including phenoxy) is 1. The number of fused-ring (bicyclic) bond motifs is 3. The van der Waals surface area contributed by atoms with Crippen LogP contribution in [0.3, 0.4) is 0 Å². The number of hydrogen-bond acceptors (Lipinski definition) is 6. The largest absolute Gasteiger partial charge is 0.459 e. The number of carbonyl (C=O) groups excluding carboxylic acids is 2. The fourth-order valence-electron chi connectivity index (χ4n) is 6.22. The van der Waals surface area contributed by atoms with Gasteiger partial charge in [-0.05, 0) is 67.3 Å². The Morgan fingerprint density at radius 1 is 1.19 bits per heavy atom. The summed E-state index contributed by atoms with van der Waals surface area (Å²) < 4.78 is 12.0. The van der Waals surface area contributed by atoms with Crippen LogP contribution in [0.2, 0.25) is 0 Å². The van der Waals surface area contributed by atoms with Gasteiger partial charge < -0.3 is 14.3 Å². The molecule has 0 unspecified atom stereocenters. The molecule has 1 N–H and O–H groups in total. The van der Waals surface area contributed by atoms with Gasteiger partial charge >= 0.3 is 0 Å². The van der Waals surface area contributed by atoms with Gasteiger partial charge in [-0.3, -0.25) is 14.5 Å². The molecule has 2 saturated heterocycles. The summed E-state index contributed by atoms with van der Waals surface area (Å²) in [5.74, 6) is 0.757. The summed E-state index contributed by atoms with van der Waals surface area (Å²) in [5, 5.41) is 11.2. The molecule has 2 aliphatic heterocycles.